The number of piperazine rings is 1. The number of benzene rings is 2. The Balaban J connectivity index is 1.47. The van der Waals surface area contributed by atoms with Crippen molar-refractivity contribution in [3.05, 3.63) is 59.1 Å². The van der Waals surface area contributed by atoms with Crippen LogP contribution in [0.3, 0.4) is 0 Å². The van der Waals surface area contributed by atoms with E-state index in [1.807, 2.05) is 0 Å². The van der Waals surface area contributed by atoms with Gasteiger partial charge in [-0.3, -0.25) is 4.90 Å². The quantitative estimate of drug-likeness (QED) is 0.788. The van der Waals surface area contributed by atoms with Crippen LogP contribution in [0.15, 0.2) is 47.4 Å². The minimum absolute atomic E-state index is 0.0602. The molecule has 0 saturated carbocycles. The molecule has 0 atom stereocenters. The summed E-state index contributed by atoms with van der Waals surface area (Å²) >= 11 is 5.65. The molecule has 1 saturated heterocycles. The number of nitrogens with zero attached hydrogens (tertiary/aromatic N) is 2. The summed E-state index contributed by atoms with van der Waals surface area (Å²) in [6, 6.07) is 9.72. The van der Waals surface area contributed by atoms with Crippen molar-refractivity contribution >= 4 is 27.3 Å². The third kappa shape index (κ3) is 5.16. The van der Waals surface area contributed by atoms with Gasteiger partial charge in [0.1, 0.15) is 11.6 Å². The zero-order valence-corrected chi connectivity index (χ0v) is 16.1. The number of hydrogen-bond donors (Lipinski definition) is 1. The molecule has 2 aromatic rings. The maximum absolute atomic E-state index is 13.2. The number of halogens is 3. The lowest BCUT2D eigenvalue weighted by Crippen LogP contribution is -2.48. The highest BCUT2D eigenvalue weighted by atomic mass is 35.5. The highest BCUT2D eigenvalue weighted by molar-refractivity contribution is 7.89. The molecule has 1 fully saturated rings. The summed E-state index contributed by atoms with van der Waals surface area (Å²) < 4.78 is 53.2. The van der Waals surface area contributed by atoms with Crippen molar-refractivity contribution in [2.75, 3.05) is 44.2 Å². The average molecular weight is 416 g/mol. The smallest absolute Gasteiger partial charge is 0.240 e. The Kier molecular flexibility index (Phi) is 6.31. The first-order chi connectivity index (χ1) is 12.8. The summed E-state index contributed by atoms with van der Waals surface area (Å²) in [6.07, 6.45) is 0. The number of hydrogen-bond acceptors (Lipinski definition) is 4. The summed E-state index contributed by atoms with van der Waals surface area (Å²) in [5.41, 5.74) is 0.977. The van der Waals surface area contributed by atoms with Crippen LogP contribution >= 0.6 is 11.6 Å². The minimum Gasteiger partial charge on any atom is -0.369 e. The lowest BCUT2D eigenvalue weighted by atomic mass is 10.2. The number of nitrogens with one attached hydrogen (secondary N) is 1. The zero-order valence-electron chi connectivity index (χ0n) is 14.5. The van der Waals surface area contributed by atoms with Crippen LogP contribution in [0, 0.1) is 11.6 Å². The second-order valence-electron chi connectivity index (χ2n) is 6.28. The molecule has 9 heteroatoms. The molecule has 1 aliphatic rings. The molecular weight excluding hydrogens is 396 g/mol. The molecule has 1 N–H and O–H groups in total. The monoisotopic (exact) mass is 415 g/mol. The Labute approximate surface area is 162 Å². The first-order valence-electron chi connectivity index (χ1n) is 8.53. The molecule has 1 heterocycles. The summed E-state index contributed by atoms with van der Waals surface area (Å²) in [5, 5.41) is -0.227. The molecular formula is C18H20ClF2N3O2S. The largest absolute Gasteiger partial charge is 0.369 e. The molecule has 146 valence electrons. The average Bonchev–Trinajstić information content (AvgIpc) is 2.65. The van der Waals surface area contributed by atoms with Gasteiger partial charge in [0.2, 0.25) is 10.0 Å². The lowest BCUT2D eigenvalue weighted by molar-refractivity contribution is 0.262. The molecule has 0 radical (unpaired) electrons. The molecule has 0 aromatic heterocycles. The van der Waals surface area contributed by atoms with Crippen LogP contribution in [0.2, 0.25) is 5.02 Å². The van der Waals surface area contributed by atoms with Crippen molar-refractivity contribution in [3.63, 3.8) is 0 Å². The number of rotatable bonds is 6. The number of sulfonamides is 1. The van der Waals surface area contributed by atoms with Gasteiger partial charge < -0.3 is 4.90 Å². The van der Waals surface area contributed by atoms with Gasteiger partial charge in [-0.2, -0.15) is 0 Å². The van der Waals surface area contributed by atoms with Gasteiger partial charge >= 0.3 is 0 Å². The van der Waals surface area contributed by atoms with E-state index in [9.17, 15) is 17.2 Å². The van der Waals surface area contributed by atoms with Crippen LogP contribution in [0.25, 0.3) is 0 Å². The van der Waals surface area contributed by atoms with Gasteiger partial charge in [0.15, 0.2) is 0 Å². The normalized spacial score (nSPS) is 15.9. The first kappa shape index (κ1) is 20.0. The van der Waals surface area contributed by atoms with Gasteiger partial charge in [-0.15, -0.1) is 0 Å². The van der Waals surface area contributed by atoms with Crippen molar-refractivity contribution in [1.82, 2.24) is 9.62 Å². The molecule has 3 rings (SSSR count). The van der Waals surface area contributed by atoms with Crippen LogP contribution < -0.4 is 9.62 Å². The van der Waals surface area contributed by atoms with Crippen LogP contribution in [0.4, 0.5) is 14.5 Å². The van der Waals surface area contributed by atoms with Gasteiger partial charge in [0, 0.05) is 45.0 Å². The third-order valence-corrected chi connectivity index (χ3v) is 6.23. The Morgan fingerprint density at radius 3 is 2.30 bits per heavy atom. The van der Waals surface area contributed by atoms with Gasteiger partial charge in [0.05, 0.1) is 9.92 Å². The maximum Gasteiger partial charge on any atom is 0.240 e. The highest BCUT2D eigenvalue weighted by Crippen LogP contribution is 2.19. The van der Waals surface area contributed by atoms with E-state index in [-0.39, 0.29) is 22.3 Å². The molecule has 0 unspecified atom stereocenters. The van der Waals surface area contributed by atoms with E-state index >= 15 is 0 Å². The number of anilines is 1. The SMILES string of the molecule is O=S(=O)(NCCN1CCN(c2ccc(F)cc2)CC1)c1ccc(F)c(Cl)c1. The molecule has 1 aliphatic heterocycles. The highest BCUT2D eigenvalue weighted by Gasteiger charge is 2.19. The zero-order chi connectivity index (χ0) is 19.4. The third-order valence-electron chi connectivity index (χ3n) is 4.49. The van der Waals surface area contributed by atoms with E-state index < -0.39 is 15.8 Å². The Bertz CT molecular complexity index is 886. The predicted molar refractivity (Wildman–Crippen MR) is 102 cm³/mol. The van der Waals surface area contributed by atoms with E-state index in [1.165, 1.54) is 18.2 Å². The summed E-state index contributed by atoms with van der Waals surface area (Å²) in [4.78, 5) is 4.26. The van der Waals surface area contributed by atoms with E-state index in [2.05, 4.69) is 14.5 Å². The predicted octanol–water partition coefficient (Wildman–Crippen LogP) is 2.72. The summed E-state index contributed by atoms with van der Waals surface area (Å²) in [7, 11) is -3.73. The molecule has 5 nitrogen and oxygen atoms in total. The van der Waals surface area contributed by atoms with E-state index in [0.717, 1.165) is 44.0 Å². The van der Waals surface area contributed by atoms with Crippen LogP contribution in [0.5, 0.6) is 0 Å². The first-order valence-corrected chi connectivity index (χ1v) is 10.4. The molecule has 0 spiro atoms. The molecule has 0 aliphatic carbocycles. The molecule has 0 bridgehead atoms. The van der Waals surface area contributed by atoms with E-state index in [4.69, 9.17) is 11.6 Å². The standard InChI is InChI=1S/C18H20ClF2N3O2S/c19-17-13-16(5-6-18(17)21)27(25,26)22-7-8-23-9-11-24(12-10-23)15-3-1-14(20)2-4-15/h1-6,13,22H,7-12H2. The Hall–Kier alpha value is -1.74. The van der Waals surface area contributed by atoms with Gasteiger partial charge in [-0.25, -0.2) is 21.9 Å². The second-order valence-corrected chi connectivity index (χ2v) is 8.45. The van der Waals surface area contributed by atoms with Crippen molar-refractivity contribution in [1.29, 1.82) is 0 Å². The molecule has 2 aromatic carbocycles. The van der Waals surface area contributed by atoms with Crippen LogP contribution in [0.1, 0.15) is 0 Å². The van der Waals surface area contributed by atoms with Gasteiger partial charge in [0.25, 0.3) is 0 Å². The Morgan fingerprint density at radius 2 is 1.67 bits per heavy atom. The van der Waals surface area contributed by atoms with Crippen molar-refractivity contribution in [3.8, 4) is 0 Å². The second kappa shape index (κ2) is 8.52. The van der Waals surface area contributed by atoms with Crippen molar-refractivity contribution in [2.24, 2.45) is 0 Å². The summed E-state index contributed by atoms with van der Waals surface area (Å²) in [6.45, 7) is 3.93. The van der Waals surface area contributed by atoms with E-state index in [1.54, 1.807) is 12.1 Å². The fourth-order valence-corrected chi connectivity index (χ4v) is 4.24. The Morgan fingerprint density at radius 1 is 1.00 bits per heavy atom. The van der Waals surface area contributed by atoms with Crippen LogP contribution in [-0.4, -0.2) is 52.6 Å². The topological polar surface area (TPSA) is 52.7 Å². The molecule has 27 heavy (non-hydrogen) atoms. The van der Waals surface area contributed by atoms with E-state index in [0.29, 0.717) is 6.54 Å². The fourth-order valence-electron chi connectivity index (χ4n) is 2.95. The minimum atomic E-state index is -3.73. The fraction of sp³-hybridized carbons (Fsp3) is 0.333. The van der Waals surface area contributed by atoms with Crippen molar-refractivity contribution < 1.29 is 17.2 Å². The van der Waals surface area contributed by atoms with Gasteiger partial charge in [-0.1, -0.05) is 11.6 Å². The van der Waals surface area contributed by atoms with Crippen molar-refractivity contribution in [2.45, 2.75) is 4.90 Å². The summed E-state index contributed by atoms with van der Waals surface area (Å²) in [5.74, 6) is -0.915. The van der Waals surface area contributed by atoms with Crippen LogP contribution in [-0.2, 0) is 10.0 Å². The maximum atomic E-state index is 13.2. The molecule has 0 amide bonds. The lowest BCUT2D eigenvalue weighted by Gasteiger charge is -2.36. The van der Waals surface area contributed by atoms with Gasteiger partial charge in [-0.05, 0) is 42.5 Å².